The number of nitrogens with one attached hydrogen (secondary N) is 1. The van der Waals surface area contributed by atoms with Crippen LogP contribution in [0.25, 0.3) is 0 Å². The molecular weight excluding hydrogens is 170 g/mol. The Balaban J connectivity index is 2.14. The van der Waals surface area contributed by atoms with Crippen molar-refractivity contribution < 1.29 is 0 Å². The molecule has 1 heteroatoms. The molecule has 76 valence electrons. The van der Waals surface area contributed by atoms with E-state index in [1.54, 1.807) is 11.1 Å². The molecule has 0 bridgehead atoms. The van der Waals surface area contributed by atoms with Crippen LogP contribution in [-0.2, 0) is 0 Å². The Kier molecular flexibility index (Phi) is 3.20. The molecule has 0 spiro atoms. The van der Waals surface area contributed by atoms with E-state index in [9.17, 15) is 0 Å². The second kappa shape index (κ2) is 4.61. The Morgan fingerprint density at radius 3 is 2.93 bits per heavy atom. The minimum atomic E-state index is 1.04. The van der Waals surface area contributed by atoms with E-state index in [0.29, 0.717) is 0 Å². The number of hydrogen-bond acceptors (Lipinski definition) is 1. The van der Waals surface area contributed by atoms with Gasteiger partial charge >= 0.3 is 0 Å². The predicted octanol–water partition coefficient (Wildman–Crippen LogP) is 2.96. The standard InChI is InChI=1S/C13H19N/c1-2-11-4-3-5-13(10-11)12-6-8-14-9-7-12/h5-6,10,14H,2-4,7-9H2,1H3. The first-order valence-corrected chi connectivity index (χ1v) is 5.70. The van der Waals surface area contributed by atoms with Crippen molar-refractivity contribution in [2.24, 2.45) is 0 Å². The zero-order chi connectivity index (χ0) is 9.80. The van der Waals surface area contributed by atoms with Crippen LogP contribution in [0.3, 0.4) is 0 Å². The van der Waals surface area contributed by atoms with E-state index in [-0.39, 0.29) is 0 Å². The molecule has 1 aliphatic heterocycles. The second-order valence-electron chi connectivity index (χ2n) is 4.04. The summed E-state index contributed by atoms with van der Waals surface area (Å²) in [5.41, 5.74) is 4.66. The molecule has 0 aromatic heterocycles. The number of allylic oxidation sites excluding steroid dienone is 4. The highest BCUT2D eigenvalue weighted by Crippen LogP contribution is 2.26. The highest BCUT2D eigenvalue weighted by molar-refractivity contribution is 5.44. The SMILES string of the molecule is CCC1=CC(C2=CCNCC2)=CCC1. The van der Waals surface area contributed by atoms with Crippen molar-refractivity contribution in [3.05, 3.63) is 34.9 Å². The molecule has 0 radical (unpaired) electrons. The minimum Gasteiger partial charge on any atom is -0.313 e. The van der Waals surface area contributed by atoms with Crippen molar-refractivity contribution in [1.82, 2.24) is 5.32 Å². The monoisotopic (exact) mass is 189 g/mol. The average Bonchev–Trinajstić information content (AvgIpc) is 2.30. The molecular formula is C13H19N. The normalized spacial score (nSPS) is 22.5. The lowest BCUT2D eigenvalue weighted by molar-refractivity contribution is 0.707. The molecule has 2 aliphatic rings. The van der Waals surface area contributed by atoms with Gasteiger partial charge in [0, 0.05) is 6.54 Å². The molecule has 0 aromatic carbocycles. The molecule has 14 heavy (non-hydrogen) atoms. The summed E-state index contributed by atoms with van der Waals surface area (Å²) in [5, 5.41) is 3.35. The van der Waals surface area contributed by atoms with Crippen molar-refractivity contribution in [3.8, 4) is 0 Å². The fraction of sp³-hybridized carbons (Fsp3) is 0.538. The van der Waals surface area contributed by atoms with Crippen LogP contribution in [0.2, 0.25) is 0 Å². The number of rotatable bonds is 2. The molecule has 1 aliphatic carbocycles. The van der Waals surface area contributed by atoms with Gasteiger partial charge in [-0.25, -0.2) is 0 Å². The zero-order valence-corrected chi connectivity index (χ0v) is 8.97. The third-order valence-corrected chi connectivity index (χ3v) is 3.08. The minimum absolute atomic E-state index is 1.04. The summed E-state index contributed by atoms with van der Waals surface area (Å²) in [7, 11) is 0. The van der Waals surface area contributed by atoms with E-state index in [2.05, 4.69) is 30.5 Å². The van der Waals surface area contributed by atoms with E-state index in [4.69, 9.17) is 0 Å². The summed E-state index contributed by atoms with van der Waals surface area (Å²) in [4.78, 5) is 0. The fourth-order valence-electron chi connectivity index (χ4n) is 2.15. The van der Waals surface area contributed by atoms with E-state index in [0.717, 1.165) is 13.1 Å². The highest BCUT2D eigenvalue weighted by Gasteiger charge is 2.10. The van der Waals surface area contributed by atoms with Gasteiger partial charge in [-0.1, -0.05) is 30.7 Å². The molecule has 0 atom stereocenters. The summed E-state index contributed by atoms with van der Waals surface area (Å²) >= 11 is 0. The Morgan fingerprint density at radius 1 is 1.29 bits per heavy atom. The second-order valence-corrected chi connectivity index (χ2v) is 4.04. The van der Waals surface area contributed by atoms with E-state index >= 15 is 0 Å². The third kappa shape index (κ3) is 2.16. The maximum Gasteiger partial charge on any atom is 0.0140 e. The van der Waals surface area contributed by atoms with Crippen LogP contribution < -0.4 is 5.32 Å². The number of hydrogen-bond donors (Lipinski definition) is 1. The van der Waals surface area contributed by atoms with Crippen LogP contribution in [0, 0.1) is 0 Å². The first-order chi connectivity index (χ1) is 6.90. The molecule has 0 amide bonds. The summed E-state index contributed by atoms with van der Waals surface area (Å²) < 4.78 is 0. The van der Waals surface area contributed by atoms with Crippen molar-refractivity contribution in [3.63, 3.8) is 0 Å². The fourth-order valence-corrected chi connectivity index (χ4v) is 2.15. The predicted molar refractivity (Wildman–Crippen MR) is 61.3 cm³/mol. The van der Waals surface area contributed by atoms with Gasteiger partial charge in [0.2, 0.25) is 0 Å². The topological polar surface area (TPSA) is 12.0 Å². The molecule has 0 saturated heterocycles. The van der Waals surface area contributed by atoms with E-state index in [1.807, 2.05) is 0 Å². The molecule has 1 nitrogen and oxygen atoms in total. The van der Waals surface area contributed by atoms with Crippen LogP contribution in [0.4, 0.5) is 0 Å². The van der Waals surface area contributed by atoms with Gasteiger partial charge in [0.1, 0.15) is 0 Å². The van der Waals surface area contributed by atoms with Gasteiger partial charge in [-0.15, -0.1) is 0 Å². The van der Waals surface area contributed by atoms with Crippen LogP contribution in [0.15, 0.2) is 34.9 Å². The average molecular weight is 189 g/mol. The van der Waals surface area contributed by atoms with Gasteiger partial charge in [-0.3, -0.25) is 0 Å². The van der Waals surface area contributed by atoms with Gasteiger partial charge in [-0.2, -0.15) is 0 Å². The summed E-state index contributed by atoms with van der Waals surface area (Å²) in [6.07, 6.45) is 12.1. The summed E-state index contributed by atoms with van der Waals surface area (Å²) in [6.45, 7) is 4.44. The first-order valence-electron chi connectivity index (χ1n) is 5.70. The van der Waals surface area contributed by atoms with Crippen LogP contribution in [0.1, 0.15) is 32.6 Å². The highest BCUT2D eigenvalue weighted by atomic mass is 14.8. The third-order valence-electron chi connectivity index (χ3n) is 3.08. The van der Waals surface area contributed by atoms with Gasteiger partial charge in [0.05, 0.1) is 0 Å². The van der Waals surface area contributed by atoms with Crippen LogP contribution in [0.5, 0.6) is 0 Å². The Labute approximate surface area is 86.6 Å². The molecule has 0 aromatic rings. The van der Waals surface area contributed by atoms with Crippen molar-refractivity contribution in [2.45, 2.75) is 32.6 Å². The Hall–Kier alpha value is -0.820. The maximum atomic E-state index is 3.35. The van der Waals surface area contributed by atoms with E-state index < -0.39 is 0 Å². The Bertz CT molecular complexity index is 294. The van der Waals surface area contributed by atoms with Crippen molar-refractivity contribution in [2.75, 3.05) is 13.1 Å². The van der Waals surface area contributed by atoms with Crippen molar-refractivity contribution in [1.29, 1.82) is 0 Å². The van der Waals surface area contributed by atoms with Crippen LogP contribution >= 0.6 is 0 Å². The lowest BCUT2D eigenvalue weighted by Gasteiger charge is -2.19. The van der Waals surface area contributed by atoms with Crippen molar-refractivity contribution >= 4 is 0 Å². The summed E-state index contributed by atoms with van der Waals surface area (Å²) in [6, 6.07) is 0. The largest absolute Gasteiger partial charge is 0.313 e. The smallest absolute Gasteiger partial charge is 0.0140 e. The van der Waals surface area contributed by atoms with Gasteiger partial charge < -0.3 is 5.32 Å². The van der Waals surface area contributed by atoms with Gasteiger partial charge in [0.25, 0.3) is 0 Å². The molecule has 0 unspecified atom stereocenters. The van der Waals surface area contributed by atoms with Gasteiger partial charge in [-0.05, 0) is 43.4 Å². The Morgan fingerprint density at radius 2 is 2.21 bits per heavy atom. The van der Waals surface area contributed by atoms with Gasteiger partial charge in [0.15, 0.2) is 0 Å². The zero-order valence-electron chi connectivity index (χ0n) is 8.97. The lowest BCUT2D eigenvalue weighted by Crippen LogP contribution is -2.21. The lowest BCUT2D eigenvalue weighted by atomic mass is 9.91. The molecule has 0 fully saturated rings. The molecule has 1 heterocycles. The molecule has 2 rings (SSSR count). The molecule has 0 saturated carbocycles. The molecule has 1 N–H and O–H groups in total. The first kappa shape index (κ1) is 9.72. The van der Waals surface area contributed by atoms with E-state index in [1.165, 1.54) is 31.3 Å². The van der Waals surface area contributed by atoms with Crippen LogP contribution in [-0.4, -0.2) is 13.1 Å². The quantitative estimate of drug-likeness (QED) is 0.704. The maximum absolute atomic E-state index is 3.35. The summed E-state index contributed by atoms with van der Waals surface area (Å²) in [5.74, 6) is 0.